The summed E-state index contributed by atoms with van der Waals surface area (Å²) in [5, 5.41) is 10.1. The molecule has 112 valence electrons. The van der Waals surface area contributed by atoms with Crippen molar-refractivity contribution < 1.29 is 14.6 Å². The summed E-state index contributed by atoms with van der Waals surface area (Å²) in [6.07, 6.45) is 4.53. The summed E-state index contributed by atoms with van der Waals surface area (Å²) < 4.78 is 11.6. The van der Waals surface area contributed by atoms with E-state index in [-0.39, 0.29) is 12.2 Å². The number of aliphatic hydroxyl groups is 1. The average molecular weight is 279 g/mol. The summed E-state index contributed by atoms with van der Waals surface area (Å²) in [4.78, 5) is 0. The Morgan fingerprint density at radius 3 is 2.75 bits per heavy atom. The van der Waals surface area contributed by atoms with Crippen LogP contribution in [0, 0.1) is 0 Å². The normalized spacial score (nSPS) is 23.1. The van der Waals surface area contributed by atoms with E-state index < -0.39 is 0 Å². The maximum absolute atomic E-state index is 10.1. The lowest BCUT2D eigenvalue weighted by molar-refractivity contribution is 0.0302. The van der Waals surface area contributed by atoms with Crippen molar-refractivity contribution in [2.45, 2.75) is 57.8 Å². The van der Waals surface area contributed by atoms with E-state index in [0.29, 0.717) is 24.7 Å². The van der Waals surface area contributed by atoms with Gasteiger partial charge in [-0.15, -0.1) is 0 Å². The molecule has 3 N–H and O–H groups in total. The molecule has 2 rings (SSSR count). The molecule has 4 heteroatoms. The van der Waals surface area contributed by atoms with Gasteiger partial charge in [-0.3, -0.25) is 0 Å². The monoisotopic (exact) mass is 279 g/mol. The minimum atomic E-state index is -0.388. The van der Waals surface area contributed by atoms with Crippen molar-refractivity contribution >= 4 is 0 Å². The quantitative estimate of drug-likeness (QED) is 0.813. The molecule has 1 aliphatic rings. The summed E-state index contributed by atoms with van der Waals surface area (Å²) in [5.74, 6) is 1.42. The lowest BCUT2D eigenvalue weighted by Crippen LogP contribution is -2.30. The number of hydrogen-bond donors (Lipinski definition) is 2. The van der Waals surface area contributed by atoms with Crippen LogP contribution in [-0.2, 0) is 6.54 Å². The third-order valence-corrected chi connectivity index (χ3v) is 3.74. The first kappa shape index (κ1) is 15.1. The van der Waals surface area contributed by atoms with Gasteiger partial charge in [0.2, 0.25) is 0 Å². The number of nitrogens with two attached hydrogens (primary N) is 1. The highest BCUT2D eigenvalue weighted by molar-refractivity contribution is 5.43. The van der Waals surface area contributed by atoms with E-state index in [1.54, 1.807) is 0 Å². The predicted molar refractivity (Wildman–Crippen MR) is 79.0 cm³/mol. The Kier molecular flexibility index (Phi) is 5.68. The van der Waals surface area contributed by atoms with Gasteiger partial charge < -0.3 is 20.3 Å². The second-order valence-corrected chi connectivity index (χ2v) is 5.28. The standard InChI is InChI=1S/C16H25NO3/c1-2-19-16-10-12(11-17)8-9-15(16)20-14-7-5-3-4-6-13(14)18/h8-10,13-14,18H,2-7,11,17H2,1H3. The zero-order valence-corrected chi connectivity index (χ0v) is 12.2. The van der Waals surface area contributed by atoms with Crippen LogP contribution in [0.5, 0.6) is 11.5 Å². The minimum Gasteiger partial charge on any atom is -0.490 e. The number of rotatable bonds is 5. The van der Waals surface area contributed by atoms with Gasteiger partial charge in [-0.25, -0.2) is 0 Å². The molecule has 1 aromatic carbocycles. The summed E-state index contributed by atoms with van der Waals surface area (Å²) in [6, 6.07) is 5.76. The molecule has 1 fully saturated rings. The Morgan fingerprint density at radius 2 is 2.00 bits per heavy atom. The third-order valence-electron chi connectivity index (χ3n) is 3.74. The van der Waals surface area contributed by atoms with E-state index in [9.17, 15) is 5.11 Å². The fourth-order valence-electron chi connectivity index (χ4n) is 2.60. The van der Waals surface area contributed by atoms with Crippen molar-refractivity contribution in [2.24, 2.45) is 5.73 Å². The first-order valence-corrected chi connectivity index (χ1v) is 7.55. The average Bonchev–Trinajstić information content (AvgIpc) is 2.66. The van der Waals surface area contributed by atoms with Crippen LogP contribution in [0.4, 0.5) is 0 Å². The third kappa shape index (κ3) is 3.87. The summed E-state index contributed by atoms with van der Waals surface area (Å²) >= 11 is 0. The van der Waals surface area contributed by atoms with Crippen LogP contribution in [0.3, 0.4) is 0 Å². The molecule has 1 saturated carbocycles. The smallest absolute Gasteiger partial charge is 0.161 e. The molecule has 4 nitrogen and oxygen atoms in total. The number of ether oxygens (including phenoxy) is 2. The maximum atomic E-state index is 10.1. The van der Waals surface area contributed by atoms with Crippen molar-refractivity contribution in [2.75, 3.05) is 6.61 Å². The van der Waals surface area contributed by atoms with E-state index in [1.807, 2.05) is 25.1 Å². The zero-order chi connectivity index (χ0) is 14.4. The Morgan fingerprint density at radius 1 is 1.20 bits per heavy atom. The van der Waals surface area contributed by atoms with Gasteiger partial charge in [-0.05, 0) is 43.9 Å². The van der Waals surface area contributed by atoms with Gasteiger partial charge in [0.15, 0.2) is 11.5 Å². The number of aliphatic hydroxyl groups excluding tert-OH is 1. The molecule has 0 bridgehead atoms. The largest absolute Gasteiger partial charge is 0.490 e. The fourth-order valence-corrected chi connectivity index (χ4v) is 2.60. The van der Waals surface area contributed by atoms with Crippen molar-refractivity contribution in [1.82, 2.24) is 0 Å². The summed E-state index contributed by atoms with van der Waals surface area (Å²) in [6.45, 7) is 3.00. The van der Waals surface area contributed by atoms with Crippen molar-refractivity contribution in [1.29, 1.82) is 0 Å². The molecule has 1 aromatic rings. The molecular weight excluding hydrogens is 254 g/mol. The van der Waals surface area contributed by atoms with Gasteiger partial charge in [-0.2, -0.15) is 0 Å². The van der Waals surface area contributed by atoms with Gasteiger partial charge in [0, 0.05) is 6.54 Å². The lowest BCUT2D eigenvalue weighted by Gasteiger charge is -2.23. The molecule has 0 saturated heterocycles. The van der Waals surface area contributed by atoms with Crippen LogP contribution in [0.2, 0.25) is 0 Å². The van der Waals surface area contributed by atoms with E-state index in [2.05, 4.69) is 0 Å². The first-order valence-electron chi connectivity index (χ1n) is 7.55. The van der Waals surface area contributed by atoms with Crippen LogP contribution >= 0.6 is 0 Å². The van der Waals surface area contributed by atoms with Crippen molar-refractivity contribution in [3.8, 4) is 11.5 Å². The molecule has 0 aliphatic heterocycles. The Labute approximate surface area is 120 Å². The topological polar surface area (TPSA) is 64.7 Å². The van der Waals surface area contributed by atoms with Crippen molar-refractivity contribution in [3.63, 3.8) is 0 Å². The minimum absolute atomic E-state index is 0.138. The molecule has 0 aromatic heterocycles. The highest BCUT2D eigenvalue weighted by Gasteiger charge is 2.24. The van der Waals surface area contributed by atoms with E-state index in [0.717, 1.165) is 31.2 Å². The molecule has 0 radical (unpaired) electrons. The van der Waals surface area contributed by atoms with Crippen molar-refractivity contribution in [3.05, 3.63) is 23.8 Å². The molecule has 1 aliphatic carbocycles. The van der Waals surface area contributed by atoms with Gasteiger partial charge in [0.1, 0.15) is 6.10 Å². The second-order valence-electron chi connectivity index (χ2n) is 5.28. The molecule has 20 heavy (non-hydrogen) atoms. The predicted octanol–water partition coefficient (Wildman–Crippen LogP) is 2.62. The second kappa shape index (κ2) is 7.50. The fraction of sp³-hybridized carbons (Fsp3) is 0.625. The molecule has 2 unspecified atom stereocenters. The summed E-state index contributed by atoms with van der Waals surface area (Å²) in [7, 11) is 0. The van der Waals surface area contributed by atoms with Gasteiger partial charge in [0.05, 0.1) is 12.7 Å². The Bertz CT molecular complexity index is 422. The summed E-state index contributed by atoms with van der Waals surface area (Å²) in [5.41, 5.74) is 6.67. The van der Waals surface area contributed by atoms with Crippen LogP contribution < -0.4 is 15.2 Å². The van der Waals surface area contributed by atoms with E-state index >= 15 is 0 Å². The van der Waals surface area contributed by atoms with Gasteiger partial charge >= 0.3 is 0 Å². The van der Waals surface area contributed by atoms with E-state index in [4.69, 9.17) is 15.2 Å². The molecule has 0 amide bonds. The lowest BCUT2D eigenvalue weighted by atomic mass is 10.1. The van der Waals surface area contributed by atoms with Crippen LogP contribution in [-0.4, -0.2) is 23.9 Å². The van der Waals surface area contributed by atoms with E-state index in [1.165, 1.54) is 6.42 Å². The Hall–Kier alpha value is -1.26. The highest BCUT2D eigenvalue weighted by atomic mass is 16.5. The number of hydrogen-bond acceptors (Lipinski definition) is 4. The zero-order valence-electron chi connectivity index (χ0n) is 12.2. The number of benzene rings is 1. The first-order chi connectivity index (χ1) is 9.74. The van der Waals surface area contributed by atoms with Crippen LogP contribution in [0.1, 0.15) is 44.6 Å². The van der Waals surface area contributed by atoms with Gasteiger partial charge in [0.25, 0.3) is 0 Å². The molecule has 0 heterocycles. The molecular formula is C16H25NO3. The van der Waals surface area contributed by atoms with Gasteiger partial charge in [-0.1, -0.05) is 18.9 Å². The Balaban J connectivity index is 2.14. The maximum Gasteiger partial charge on any atom is 0.161 e. The molecule has 2 atom stereocenters. The molecule has 0 spiro atoms. The highest BCUT2D eigenvalue weighted by Crippen LogP contribution is 2.32. The SMILES string of the molecule is CCOc1cc(CN)ccc1OC1CCCCCC1O. The van der Waals surface area contributed by atoms with Crippen LogP contribution in [0.15, 0.2) is 18.2 Å². The van der Waals surface area contributed by atoms with Crippen LogP contribution in [0.25, 0.3) is 0 Å².